The average molecular weight is 1560 g/mol. The first-order valence-corrected chi connectivity index (χ1v) is 53.1. The molecule has 0 aliphatic rings. The Bertz CT molecular complexity index is 4700. The van der Waals surface area contributed by atoms with Crippen molar-refractivity contribution < 1.29 is 42.4 Å². The van der Waals surface area contributed by atoms with Gasteiger partial charge in [-0.2, -0.15) is 18.2 Å². The second-order valence-electron chi connectivity index (χ2n) is 18.4. The van der Waals surface area contributed by atoms with Gasteiger partial charge in [-0.25, -0.2) is 15.0 Å². The minimum absolute atomic E-state index is 0. The number of fused-ring (bicyclic) bond motifs is 18. The first-order valence-electron chi connectivity index (χ1n) is 25.8. The van der Waals surface area contributed by atoms with E-state index in [0.717, 1.165) is 99.4 Å². The van der Waals surface area contributed by atoms with Gasteiger partial charge in [-0.05, 0) is 107 Å². The van der Waals surface area contributed by atoms with Gasteiger partial charge in [-0.3, -0.25) is 9.55 Å². The Hall–Kier alpha value is -4.51. The Morgan fingerprint density at radius 1 is 0.415 bits per heavy atom. The average Bonchev–Trinajstić information content (AvgIpc) is 3.61. The van der Waals surface area contributed by atoms with Crippen molar-refractivity contribution in [3.05, 3.63) is 243 Å². The van der Waals surface area contributed by atoms with E-state index in [-0.39, 0.29) is 21.1 Å². The van der Waals surface area contributed by atoms with Crippen molar-refractivity contribution in [3.63, 3.8) is 0 Å². The van der Waals surface area contributed by atoms with Crippen molar-refractivity contribution >= 4 is 199 Å². The SMILES string of the molecule is [Cl][Pt]([Cl])([Cl])[Cl].[K][K].[Pt+2].[c-]1c(Oc2ccc3c4ccccc4n4cc[c-]c4c3n2)ccc2c3ccccc3n(-c3ccccn3)c12.c1ccc(-n2c3ccccc3c3ccc(Oc4ccc5c6ccccc6n6cccc6c5n4)cc32)nc1. The topological polar surface area (TPSA) is 88.7 Å². The summed E-state index contributed by atoms with van der Waals surface area (Å²) >= 11 is -0.556. The Labute approximate surface area is 548 Å². The van der Waals surface area contributed by atoms with Gasteiger partial charge in [0.05, 0.1) is 27.6 Å². The Kier molecular flexibility index (Phi) is 17.8. The summed E-state index contributed by atoms with van der Waals surface area (Å²) in [4.78, 5) is 19.1. The van der Waals surface area contributed by atoms with Crippen LogP contribution < -0.4 is 9.47 Å². The van der Waals surface area contributed by atoms with E-state index in [1.165, 1.54) is 79.4 Å². The maximum atomic E-state index is 6.36. The third-order valence-corrected chi connectivity index (χ3v) is 13.9. The van der Waals surface area contributed by atoms with Gasteiger partial charge in [0.15, 0.2) is 0 Å². The number of hydrogen-bond acceptors (Lipinski definition) is 6. The van der Waals surface area contributed by atoms with Gasteiger partial charge in [0, 0.05) is 69.1 Å². The zero-order chi connectivity index (χ0) is 55.2. The molecule has 396 valence electrons. The van der Waals surface area contributed by atoms with Crippen LogP contribution in [0.3, 0.4) is 0 Å². The van der Waals surface area contributed by atoms with Crippen molar-refractivity contribution in [3.8, 4) is 34.9 Å². The second kappa shape index (κ2) is 25.2. The Morgan fingerprint density at radius 3 is 1.55 bits per heavy atom. The molecule has 0 N–H and O–H groups in total. The Balaban J connectivity index is 0.000000145. The largest absolute Gasteiger partial charge is 2.00 e. The molecule has 0 saturated carbocycles. The van der Waals surface area contributed by atoms with Crippen LogP contribution in [0.25, 0.3) is 110 Å². The van der Waals surface area contributed by atoms with Crippen molar-refractivity contribution in [1.82, 2.24) is 37.9 Å². The van der Waals surface area contributed by atoms with Crippen LogP contribution in [0.2, 0.25) is 0 Å². The van der Waals surface area contributed by atoms with Crippen molar-refractivity contribution in [2.24, 2.45) is 0 Å². The minimum atomic E-state index is -3.06. The smallest absolute Gasteiger partial charge is 0.466 e. The molecule has 0 bridgehead atoms. The first kappa shape index (κ1) is 57.9. The molecule has 0 atom stereocenters. The number of nitrogens with zero attached hydrogens (tertiary/aromatic N) is 8. The van der Waals surface area contributed by atoms with Crippen LogP contribution in [0.15, 0.2) is 231 Å². The van der Waals surface area contributed by atoms with Gasteiger partial charge in [0.2, 0.25) is 11.8 Å². The molecule has 10 aromatic heterocycles. The van der Waals surface area contributed by atoms with E-state index < -0.39 is 11.9 Å². The zero-order valence-corrected chi connectivity index (χ0v) is 57.3. The van der Waals surface area contributed by atoms with Gasteiger partial charge in [-0.1, -0.05) is 108 Å². The maximum Gasteiger partial charge on any atom is 2.00 e. The molecule has 6 aromatic carbocycles. The van der Waals surface area contributed by atoms with Crippen LogP contribution in [-0.4, -0.2) is 101 Å². The molecule has 0 aliphatic carbocycles. The molecule has 0 saturated heterocycles. The third kappa shape index (κ3) is 11.4. The number of benzene rings is 6. The fourth-order valence-corrected chi connectivity index (χ4v) is 10.8. The quantitative estimate of drug-likeness (QED) is 0.0936. The van der Waals surface area contributed by atoms with Crippen molar-refractivity contribution in [2.75, 3.05) is 0 Å². The summed E-state index contributed by atoms with van der Waals surface area (Å²) in [6.07, 6.45) is 7.72. The molecule has 0 aliphatic heterocycles. The molecule has 16 rings (SSSR count). The monoisotopic (exact) mass is 1560 g/mol. The number of para-hydroxylation sites is 4. The normalized spacial score (nSPS) is 11.7. The number of pyridine rings is 6. The minimum Gasteiger partial charge on any atom is -0.466 e. The predicted octanol–water partition coefficient (Wildman–Crippen LogP) is 17.4. The summed E-state index contributed by atoms with van der Waals surface area (Å²) in [5, 5.41) is 9.06. The van der Waals surface area contributed by atoms with Gasteiger partial charge < -0.3 is 22.8 Å². The molecule has 0 fully saturated rings. The van der Waals surface area contributed by atoms with E-state index in [0.29, 0.717) is 17.5 Å². The second-order valence-corrected chi connectivity index (χ2v) is 38.1. The molecule has 18 heteroatoms. The summed E-state index contributed by atoms with van der Waals surface area (Å²) < 4.78 is 21.3. The van der Waals surface area contributed by atoms with E-state index >= 15 is 0 Å². The first-order chi connectivity index (χ1) is 39.7. The molecule has 0 radical (unpaired) electrons. The number of hydrogen-bond donors (Lipinski definition) is 0. The van der Waals surface area contributed by atoms with E-state index in [9.17, 15) is 0 Å². The van der Waals surface area contributed by atoms with Crippen LogP contribution in [0.4, 0.5) is 0 Å². The molecular weight excluding hydrogens is 1520 g/mol. The van der Waals surface area contributed by atoms with Crippen molar-refractivity contribution in [1.29, 1.82) is 0 Å². The maximum absolute atomic E-state index is 6.36. The molecule has 10 heterocycles. The zero-order valence-electron chi connectivity index (χ0n) is 43.5. The summed E-state index contributed by atoms with van der Waals surface area (Å²) in [5.41, 5.74) is 10.2. The summed E-state index contributed by atoms with van der Waals surface area (Å²) in [6.45, 7) is 0. The summed E-state index contributed by atoms with van der Waals surface area (Å²) in [6, 6.07) is 76.6. The van der Waals surface area contributed by atoms with Gasteiger partial charge in [0.1, 0.15) is 17.4 Å². The number of halogens is 4. The Morgan fingerprint density at radius 2 is 0.902 bits per heavy atom. The fraction of sp³-hybridized carbons (Fsp3) is 0. The predicted molar refractivity (Wildman–Crippen MR) is 330 cm³/mol. The van der Waals surface area contributed by atoms with Crippen LogP contribution >= 0.6 is 37.7 Å². The van der Waals surface area contributed by atoms with Gasteiger partial charge in [-0.15, -0.1) is 17.5 Å². The van der Waals surface area contributed by atoms with Crippen LogP contribution in [-0.2, 0) is 33.0 Å². The van der Waals surface area contributed by atoms with Crippen LogP contribution in [0.1, 0.15) is 0 Å². The fourth-order valence-electron chi connectivity index (χ4n) is 10.8. The van der Waals surface area contributed by atoms with E-state index in [1.807, 2.05) is 85.2 Å². The standard InChI is InChI=1S/C32H20N4O.C32H18N4O.4ClH.2K.2Pt/c2*1-3-10-26-23(9-1)25-16-17-31(34-32(25)28-12-7-19-35(26)28)37-21-14-15-24-22-8-2-4-11-27(22)36(29(24)20-21)30-13-5-6-18-33-30;;;;;;;;/h1-20H;1-11,13-19H;4*1H;;;;/q;-2;;;;;;;+2;+4/p-4. The molecule has 10 nitrogen and oxygen atoms in total. The van der Waals surface area contributed by atoms with E-state index in [4.69, 9.17) is 57.1 Å². The number of ether oxygens (including phenoxy) is 2. The summed E-state index contributed by atoms with van der Waals surface area (Å²) in [7, 11) is 20.0. The third-order valence-electron chi connectivity index (χ3n) is 13.9. The van der Waals surface area contributed by atoms with Crippen molar-refractivity contribution in [2.45, 2.75) is 0 Å². The molecule has 0 spiro atoms. The molecular formula is C64H38Cl4K2N8O2Pt2. The van der Waals surface area contributed by atoms with Crippen LogP contribution in [0, 0.1) is 12.1 Å². The molecule has 82 heavy (non-hydrogen) atoms. The van der Waals surface area contributed by atoms with Crippen LogP contribution in [0.5, 0.6) is 23.3 Å². The number of aromatic nitrogens is 8. The molecule has 0 amide bonds. The molecule has 16 aromatic rings. The van der Waals surface area contributed by atoms with E-state index in [1.54, 1.807) is 6.20 Å². The van der Waals surface area contributed by atoms with E-state index in [2.05, 4.69) is 180 Å². The van der Waals surface area contributed by atoms with Gasteiger partial charge >= 0.3 is 134 Å². The molecule has 0 unspecified atom stereocenters. The van der Waals surface area contributed by atoms with Gasteiger partial charge in [0.25, 0.3) is 0 Å². The number of rotatable bonds is 6. The summed E-state index contributed by atoms with van der Waals surface area (Å²) in [5.74, 6) is 4.10.